The van der Waals surface area contributed by atoms with Gasteiger partial charge in [-0.15, -0.1) is 0 Å². The molecule has 1 heterocycles. The molecule has 45 heavy (non-hydrogen) atoms. The molecule has 3 aromatic rings. The number of carbonyl (C=O) groups excluding carboxylic acids is 1. The quantitative estimate of drug-likeness (QED) is 0.141. The summed E-state index contributed by atoms with van der Waals surface area (Å²) in [6.07, 6.45) is -1.28. The van der Waals surface area contributed by atoms with Gasteiger partial charge in [0.15, 0.2) is 0 Å². The molecule has 0 spiro atoms. The van der Waals surface area contributed by atoms with Gasteiger partial charge in [-0.05, 0) is 67.6 Å². The van der Waals surface area contributed by atoms with Gasteiger partial charge in [-0.1, -0.05) is 48.5 Å². The van der Waals surface area contributed by atoms with Crippen LogP contribution in [0.1, 0.15) is 37.3 Å². The van der Waals surface area contributed by atoms with E-state index in [-0.39, 0.29) is 6.42 Å². The van der Waals surface area contributed by atoms with E-state index in [1.165, 1.54) is 6.92 Å². The number of para-hydroxylation sites is 2. The average molecular weight is 644 g/mol. The molecule has 5 atom stereocenters. The van der Waals surface area contributed by atoms with E-state index in [2.05, 4.69) is 0 Å². The topological polar surface area (TPSA) is 173 Å². The Morgan fingerprint density at radius 1 is 1.04 bits per heavy atom. The first kappa shape index (κ1) is 34.1. The molecule has 4 rings (SSSR count). The van der Waals surface area contributed by atoms with Gasteiger partial charge in [0, 0.05) is 13.0 Å². The third-order valence-corrected chi connectivity index (χ3v) is 8.07. The number of benzene rings is 3. The lowest BCUT2D eigenvalue weighted by atomic mass is 10.1. The summed E-state index contributed by atoms with van der Waals surface area (Å²) in [7, 11) is -4.66. The highest BCUT2D eigenvalue weighted by atomic mass is 31.2. The number of carbonyl (C=O) groups is 2. The molecule has 1 fully saturated rings. The van der Waals surface area contributed by atoms with Crippen LogP contribution in [-0.2, 0) is 45.7 Å². The molecule has 1 saturated heterocycles. The van der Waals surface area contributed by atoms with E-state index in [0.29, 0.717) is 44.0 Å². The van der Waals surface area contributed by atoms with E-state index in [9.17, 15) is 19.0 Å². The number of aryl methyl sites for hydroxylation is 1. The fraction of sp³-hybridized carbons (Fsp3) is 0.375. The third-order valence-electron chi connectivity index (χ3n) is 7.00. The van der Waals surface area contributed by atoms with Gasteiger partial charge in [0.05, 0.1) is 12.7 Å². The normalized spacial score (nSPS) is 19.1. The maximum absolute atomic E-state index is 12.8. The Bertz CT molecular complexity index is 1450. The second-order valence-electron chi connectivity index (χ2n) is 10.5. The minimum atomic E-state index is -4.66. The number of esters is 1. The minimum absolute atomic E-state index is 0.0665. The molecule has 13 heteroatoms. The van der Waals surface area contributed by atoms with Crippen LogP contribution in [0, 0.1) is 0 Å². The standard InChI is InChI=1S/C32H38NO11P/c1-22(31(33)32(35)36)44-45(37,38)41-21-29-28(15-8-18-39-29)43-30(34)17-16-24-10-5-6-14-27(24)40-20-23-9-7-13-26(19-23)42-25-11-3-2-4-12-25/h2-7,9-14,19,22,28-29,31H,8,15-18,20-21,33H2,1H3,(H,35,36)(H,37,38)/t22-,28-,29+,31-/m0/s1. The summed E-state index contributed by atoms with van der Waals surface area (Å²) < 4.78 is 45.5. The van der Waals surface area contributed by atoms with Crippen molar-refractivity contribution in [2.45, 2.75) is 63.6 Å². The van der Waals surface area contributed by atoms with Crippen molar-refractivity contribution in [1.82, 2.24) is 0 Å². The van der Waals surface area contributed by atoms with Crippen LogP contribution in [0.25, 0.3) is 0 Å². The number of hydrogen-bond acceptors (Lipinski definition) is 10. The first-order valence-electron chi connectivity index (χ1n) is 14.6. The zero-order valence-electron chi connectivity index (χ0n) is 24.9. The van der Waals surface area contributed by atoms with Gasteiger partial charge in [0.1, 0.15) is 42.1 Å². The van der Waals surface area contributed by atoms with Gasteiger partial charge in [0.25, 0.3) is 0 Å². The molecule has 4 N–H and O–H groups in total. The Labute approximate surface area is 261 Å². The lowest BCUT2D eigenvalue weighted by Gasteiger charge is -2.31. The molecule has 0 aliphatic carbocycles. The summed E-state index contributed by atoms with van der Waals surface area (Å²) in [6, 6.07) is 23.0. The van der Waals surface area contributed by atoms with E-state index < -0.39 is 50.7 Å². The molecule has 1 unspecified atom stereocenters. The second kappa shape index (κ2) is 16.5. The Morgan fingerprint density at radius 3 is 2.56 bits per heavy atom. The summed E-state index contributed by atoms with van der Waals surface area (Å²) in [6.45, 7) is 1.49. The van der Waals surface area contributed by atoms with Crippen LogP contribution in [-0.4, -0.2) is 59.5 Å². The molecule has 0 saturated carbocycles. The van der Waals surface area contributed by atoms with Crippen LogP contribution < -0.4 is 15.2 Å². The fourth-order valence-corrected chi connectivity index (χ4v) is 5.52. The monoisotopic (exact) mass is 643 g/mol. The first-order valence-corrected chi connectivity index (χ1v) is 16.1. The highest BCUT2D eigenvalue weighted by Gasteiger charge is 2.35. The van der Waals surface area contributed by atoms with Crippen molar-refractivity contribution < 1.29 is 52.1 Å². The third kappa shape index (κ3) is 11.0. The SMILES string of the molecule is C[C@H](OP(=O)(O)OC[C@H]1OCCC[C@@H]1OC(=O)CCc1ccccc1OCc1cccc(Oc2ccccc2)c1)[C@H](N)C(=O)O. The maximum atomic E-state index is 12.8. The number of aliphatic carboxylic acids is 1. The number of nitrogens with two attached hydrogens (primary N) is 1. The molecule has 0 radical (unpaired) electrons. The van der Waals surface area contributed by atoms with Gasteiger partial charge >= 0.3 is 19.8 Å². The predicted molar refractivity (Wildman–Crippen MR) is 163 cm³/mol. The Hall–Kier alpha value is -3.77. The number of rotatable bonds is 16. The van der Waals surface area contributed by atoms with Crippen molar-refractivity contribution >= 4 is 19.8 Å². The molecule has 1 aliphatic heterocycles. The van der Waals surface area contributed by atoms with Crippen molar-refractivity contribution in [3.8, 4) is 17.2 Å². The lowest BCUT2D eigenvalue weighted by Crippen LogP contribution is -2.42. The van der Waals surface area contributed by atoms with Crippen LogP contribution in [0.4, 0.5) is 0 Å². The summed E-state index contributed by atoms with van der Waals surface area (Å²) in [5, 5.41) is 8.96. The molecule has 3 aromatic carbocycles. The summed E-state index contributed by atoms with van der Waals surface area (Å²) in [5.41, 5.74) is 7.18. The number of ether oxygens (including phenoxy) is 4. The van der Waals surface area contributed by atoms with Crippen molar-refractivity contribution in [1.29, 1.82) is 0 Å². The van der Waals surface area contributed by atoms with Crippen molar-refractivity contribution in [2.24, 2.45) is 5.73 Å². The van der Waals surface area contributed by atoms with Gasteiger partial charge in [-0.2, -0.15) is 0 Å². The van der Waals surface area contributed by atoms with Gasteiger partial charge < -0.3 is 34.7 Å². The molecular weight excluding hydrogens is 605 g/mol. The van der Waals surface area contributed by atoms with Crippen LogP contribution in [0.2, 0.25) is 0 Å². The number of carboxylic acid groups (broad SMARTS) is 1. The van der Waals surface area contributed by atoms with Gasteiger partial charge in [-0.25, -0.2) is 4.57 Å². The van der Waals surface area contributed by atoms with E-state index in [1.54, 1.807) is 0 Å². The van der Waals surface area contributed by atoms with Crippen LogP contribution in [0.5, 0.6) is 17.2 Å². The Kier molecular flexibility index (Phi) is 12.5. The van der Waals surface area contributed by atoms with Gasteiger partial charge in [-0.3, -0.25) is 18.6 Å². The lowest BCUT2D eigenvalue weighted by molar-refractivity contribution is -0.166. The maximum Gasteiger partial charge on any atom is 0.472 e. The van der Waals surface area contributed by atoms with Crippen LogP contribution >= 0.6 is 7.82 Å². The number of hydrogen-bond donors (Lipinski definition) is 3. The Morgan fingerprint density at radius 2 is 1.78 bits per heavy atom. The highest BCUT2D eigenvalue weighted by Crippen LogP contribution is 2.45. The number of carboxylic acids is 1. The molecule has 0 amide bonds. The summed E-state index contributed by atoms with van der Waals surface area (Å²) in [4.78, 5) is 33.8. The second-order valence-corrected chi connectivity index (χ2v) is 11.9. The van der Waals surface area contributed by atoms with Crippen molar-refractivity contribution in [3.05, 3.63) is 90.0 Å². The largest absolute Gasteiger partial charge is 0.489 e. The summed E-state index contributed by atoms with van der Waals surface area (Å²) in [5.74, 6) is 0.211. The number of phosphoric ester groups is 1. The zero-order chi connectivity index (χ0) is 32.2. The fourth-order valence-electron chi connectivity index (χ4n) is 4.58. The highest BCUT2D eigenvalue weighted by molar-refractivity contribution is 7.47. The average Bonchev–Trinajstić information content (AvgIpc) is 3.03. The zero-order valence-corrected chi connectivity index (χ0v) is 25.8. The minimum Gasteiger partial charge on any atom is -0.489 e. The predicted octanol–water partition coefficient (Wildman–Crippen LogP) is 5.02. The molecular formula is C32H38NO11P. The molecule has 1 aliphatic rings. The smallest absolute Gasteiger partial charge is 0.472 e. The summed E-state index contributed by atoms with van der Waals surface area (Å²) >= 11 is 0. The Balaban J connectivity index is 1.27. The molecule has 242 valence electrons. The van der Waals surface area contributed by atoms with Crippen LogP contribution in [0.15, 0.2) is 78.9 Å². The molecule has 0 aromatic heterocycles. The van der Waals surface area contributed by atoms with Gasteiger partial charge in [0.2, 0.25) is 0 Å². The molecule has 0 bridgehead atoms. The van der Waals surface area contributed by atoms with Crippen molar-refractivity contribution in [3.63, 3.8) is 0 Å². The van der Waals surface area contributed by atoms with Crippen LogP contribution in [0.3, 0.4) is 0 Å². The van der Waals surface area contributed by atoms with Crippen molar-refractivity contribution in [2.75, 3.05) is 13.2 Å². The van der Waals surface area contributed by atoms with E-state index in [1.807, 2.05) is 78.9 Å². The van der Waals surface area contributed by atoms with E-state index >= 15 is 0 Å². The van der Waals surface area contributed by atoms with E-state index in [4.69, 9.17) is 38.8 Å². The first-order chi connectivity index (χ1) is 21.6. The number of phosphoric acid groups is 1. The van der Waals surface area contributed by atoms with E-state index in [0.717, 1.165) is 16.9 Å². The molecule has 12 nitrogen and oxygen atoms in total.